The van der Waals surface area contributed by atoms with Crippen molar-refractivity contribution in [1.82, 2.24) is 4.90 Å². The molecule has 0 aromatic heterocycles. The summed E-state index contributed by atoms with van der Waals surface area (Å²) in [6.45, 7) is 21.6. The van der Waals surface area contributed by atoms with Gasteiger partial charge >= 0.3 is 0 Å². The summed E-state index contributed by atoms with van der Waals surface area (Å²) in [6.07, 6.45) is 7.67. The first-order valence-corrected chi connectivity index (χ1v) is 19.8. The number of aryl methyl sites for hydroxylation is 1. The highest BCUT2D eigenvalue weighted by molar-refractivity contribution is 5.41. The van der Waals surface area contributed by atoms with Gasteiger partial charge in [-0.25, -0.2) is 0 Å². The SMILES string of the molecule is C/C=C/C(C)C.CC(C)C.CC(C)Oc1ccccc1.FCC1CCN(CCOc2ccccc2)C1.c1ccc(COc2ccc3c(c2)CCCO3)cc1. The first-order chi connectivity index (χ1) is 26.1. The Labute approximate surface area is 327 Å². The predicted molar refractivity (Wildman–Crippen MR) is 226 cm³/mol. The summed E-state index contributed by atoms with van der Waals surface area (Å²) in [5, 5.41) is 0. The molecule has 1 saturated heterocycles. The quantitative estimate of drug-likeness (QED) is 0.143. The summed E-state index contributed by atoms with van der Waals surface area (Å²) in [5.41, 5.74) is 2.44. The number of allylic oxidation sites excluding steroid dienone is 2. The zero-order chi connectivity index (χ0) is 39.4. The van der Waals surface area contributed by atoms with Crippen LogP contribution in [0.25, 0.3) is 0 Å². The molecule has 5 nitrogen and oxygen atoms in total. The summed E-state index contributed by atoms with van der Waals surface area (Å²) in [4.78, 5) is 2.27. The van der Waals surface area contributed by atoms with Crippen LogP contribution in [0.5, 0.6) is 23.0 Å². The summed E-state index contributed by atoms with van der Waals surface area (Å²) in [5.74, 6) is 5.57. The monoisotopic (exact) mass is 742 g/mol. The molecule has 4 aromatic carbocycles. The van der Waals surface area contributed by atoms with E-state index in [9.17, 15) is 4.39 Å². The first kappa shape index (κ1) is 45.9. The van der Waals surface area contributed by atoms with Crippen molar-refractivity contribution in [1.29, 1.82) is 0 Å². The molecule has 1 atom stereocenters. The molecule has 0 amide bonds. The molecule has 0 saturated carbocycles. The van der Waals surface area contributed by atoms with Crippen molar-refractivity contribution >= 4 is 0 Å². The van der Waals surface area contributed by atoms with Crippen molar-refractivity contribution in [3.8, 4) is 23.0 Å². The zero-order valence-electron chi connectivity index (χ0n) is 34.4. The molecule has 1 unspecified atom stereocenters. The standard InChI is InChI=1S/C16H16O2.C13H18FNO.C9H12O.C6H12.C4H10/c1-2-5-13(6-3-1)12-18-15-8-9-16-14(11-15)7-4-10-17-16;14-10-12-6-7-15(11-12)8-9-16-13-4-2-1-3-5-13;1-8(2)10-9-6-4-3-5-7-9;1-4-5-6(2)3;1-4(2)3/h1-3,5-6,8-9,11H,4,7,10,12H2;1-5,12H,6-11H2;3-8H,1-2H3;4-6H,1-3H3;4H,1-3H3/b;;;5-4+;. The maximum absolute atomic E-state index is 12.4. The average Bonchev–Trinajstić information content (AvgIpc) is 3.63. The summed E-state index contributed by atoms with van der Waals surface area (Å²) < 4.78 is 34.8. The van der Waals surface area contributed by atoms with Crippen LogP contribution in [0.3, 0.4) is 0 Å². The highest BCUT2D eigenvalue weighted by Gasteiger charge is 2.21. The molecule has 2 heterocycles. The molecular formula is C48H68FNO4. The van der Waals surface area contributed by atoms with E-state index >= 15 is 0 Å². The van der Waals surface area contributed by atoms with E-state index in [1.807, 2.05) is 112 Å². The minimum absolute atomic E-state index is 0.184. The Balaban J connectivity index is 0.000000256. The number of benzene rings is 4. The van der Waals surface area contributed by atoms with Crippen molar-refractivity contribution in [2.24, 2.45) is 17.8 Å². The lowest BCUT2D eigenvalue weighted by molar-refractivity contribution is 0.228. The molecule has 54 heavy (non-hydrogen) atoms. The number of hydrogen-bond acceptors (Lipinski definition) is 5. The van der Waals surface area contributed by atoms with E-state index in [4.69, 9.17) is 18.9 Å². The van der Waals surface area contributed by atoms with Gasteiger partial charge in [0.25, 0.3) is 0 Å². The molecule has 0 N–H and O–H groups in total. The van der Waals surface area contributed by atoms with Crippen LogP contribution in [0.4, 0.5) is 4.39 Å². The van der Waals surface area contributed by atoms with Crippen LogP contribution in [-0.2, 0) is 13.0 Å². The largest absolute Gasteiger partial charge is 0.493 e. The molecule has 2 aliphatic rings. The van der Waals surface area contributed by atoms with Crippen molar-refractivity contribution in [2.45, 2.75) is 87.4 Å². The van der Waals surface area contributed by atoms with Gasteiger partial charge in [-0.05, 0) is 112 Å². The number of alkyl halides is 1. The van der Waals surface area contributed by atoms with Crippen LogP contribution >= 0.6 is 0 Å². The molecule has 6 heteroatoms. The third-order valence-corrected chi connectivity index (χ3v) is 7.83. The van der Waals surface area contributed by atoms with Gasteiger partial charge in [0.1, 0.15) is 36.2 Å². The third-order valence-electron chi connectivity index (χ3n) is 7.83. The second-order valence-electron chi connectivity index (χ2n) is 14.7. The lowest BCUT2D eigenvalue weighted by atomic mass is 10.1. The van der Waals surface area contributed by atoms with Gasteiger partial charge < -0.3 is 18.9 Å². The van der Waals surface area contributed by atoms with E-state index in [-0.39, 0.29) is 18.7 Å². The number of likely N-dealkylation sites (tertiary alicyclic amines) is 1. The highest BCUT2D eigenvalue weighted by atomic mass is 19.1. The van der Waals surface area contributed by atoms with Crippen LogP contribution in [0, 0.1) is 17.8 Å². The Kier molecular flexibility index (Phi) is 23.9. The number of hydrogen-bond donors (Lipinski definition) is 0. The van der Waals surface area contributed by atoms with Crippen LogP contribution < -0.4 is 18.9 Å². The number of rotatable bonds is 11. The van der Waals surface area contributed by atoms with Crippen LogP contribution in [0.15, 0.2) is 121 Å². The second-order valence-corrected chi connectivity index (χ2v) is 14.7. The van der Waals surface area contributed by atoms with Gasteiger partial charge in [-0.3, -0.25) is 9.29 Å². The van der Waals surface area contributed by atoms with E-state index in [1.54, 1.807) is 0 Å². The van der Waals surface area contributed by atoms with E-state index in [2.05, 4.69) is 69.9 Å². The first-order valence-electron chi connectivity index (χ1n) is 19.8. The maximum Gasteiger partial charge on any atom is 0.122 e. The highest BCUT2D eigenvalue weighted by Crippen LogP contribution is 2.29. The number of ether oxygens (including phenoxy) is 4. The summed E-state index contributed by atoms with van der Waals surface area (Å²) in [7, 11) is 0. The molecular weight excluding hydrogens is 674 g/mol. The smallest absolute Gasteiger partial charge is 0.122 e. The number of nitrogens with zero attached hydrogens (tertiary/aromatic N) is 1. The van der Waals surface area contributed by atoms with Crippen LogP contribution in [-0.4, -0.2) is 50.5 Å². The van der Waals surface area contributed by atoms with Gasteiger partial charge in [-0.1, -0.05) is 114 Å². The molecule has 2 aliphatic heterocycles. The van der Waals surface area contributed by atoms with Gasteiger partial charge in [0.2, 0.25) is 0 Å². The summed E-state index contributed by atoms with van der Waals surface area (Å²) >= 11 is 0. The lowest BCUT2D eigenvalue weighted by Crippen LogP contribution is -2.26. The predicted octanol–water partition coefficient (Wildman–Crippen LogP) is 12.3. The van der Waals surface area contributed by atoms with Crippen LogP contribution in [0.2, 0.25) is 0 Å². The Morgan fingerprint density at radius 3 is 1.93 bits per heavy atom. The fraction of sp³-hybridized carbons (Fsp3) is 0.458. The zero-order valence-corrected chi connectivity index (χ0v) is 34.4. The number of fused-ring (bicyclic) bond motifs is 1. The van der Waals surface area contributed by atoms with Gasteiger partial charge in [0.15, 0.2) is 0 Å². The fourth-order valence-electron chi connectivity index (χ4n) is 5.37. The van der Waals surface area contributed by atoms with Gasteiger partial charge in [0.05, 0.1) is 19.4 Å². The average molecular weight is 742 g/mol. The lowest BCUT2D eigenvalue weighted by Gasteiger charge is -2.18. The Morgan fingerprint density at radius 2 is 1.39 bits per heavy atom. The van der Waals surface area contributed by atoms with E-state index in [0.29, 0.717) is 13.2 Å². The second kappa shape index (κ2) is 28.2. The normalized spacial score (nSPS) is 14.6. The molecule has 0 aliphatic carbocycles. The summed E-state index contributed by atoms with van der Waals surface area (Å²) in [6, 6.07) is 35.9. The molecule has 6 rings (SSSR count). The number of halogens is 1. The topological polar surface area (TPSA) is 40.2 Å². The molecule has 296 valence electrons. The Bertz CT molecular complexity index is 1490. The number of para-hydroxylation sites is 2. The van der Waals surface area contributed by atoms with E-state index < -0.39 is 0 Å². The van der Waals surface area contributed by atoms with Gasteiger partial charge in [0, 0.05) is 19.0 Å². The van der Waals surface area contributed by atoms with Crippen molar-refractivity contribution in [2.75, 3.05) is 39.5 Å². The third kappa shape index (κ3) is 22.0. The maximum atomic E-state index is 12.4. The van der Waals surface area contributed by atoms with Crippen molar-refractivity contribution in [3.63, 3.8) is 0 Å². The van der Waals surface area contributed by atoms with Gasteiger partial charge in [-0.2, -0.15) is 0 Å². The van der Waals surface area contributed by atoms with E-state index in [1.165, 1.54) is 11.1 Å². The molecule has 4 aromatic rings. The minimum atomic E-state index is -0.184. The van der Waals surface area contributed by atoms with Crippen molar-refractivity contribution in [3.05, 3.63) is 132 Å². The Morgan fingerprint density at radius 1 is 0.778 bits per heavy atom. The van der Waals surface area contributed by atoms with Crippen molar-refractivity contribution < 1.29 is 23.3 Å². The van der Waals surface area contributed by atoms with E-state index in [0.717, 1.165) is 80.3 Å². The molecule has 0 spiro atoms. The minimum Gasteiger partial charge on any atom is -0.493 e. The fourth-order valence-corrected chi connectivity index (χ4v) is 5.37. The Hall–Kier alpha value is -4.29. The van der Waals surface area contributed by atoms with Gasteiger partial charge in [-0.15, -0.1) is 0 Å². The molecule has 0 bridgehead atoms. The van der Waals surface area contributed by atoms with Crippen LogP contribution in [0.1, 0.15) is 79.4 Å². The molecule has 0 radical (unpaired) electrons. The molecule has 1 fully saturated rings.